The molecule has 0 aromatic heterocycles. The van der Waals surface area contributed by atoms with Crippen molar-refractivity contribution in [1.29, 1.82) is 0 Å². The highest BCUT2D eigenvalue weighted by Crippen LogP contribution is 2.22. The minimum absolute atomic E-state index is 0.0887. The smallest absolute Gasteiger partial charge is 0.382 e. The molecular formula is C9H16F3NO2. The Hall–Kier alpha value is -0.330. The minimum atomic E-state index is -4.54. The van der Waals surface area contributed by atoms with Gasteiger partial charge in [-0.15, -0.1) is 0 Å². The minimum Gasteiger partial charge on any atom is -0.382 e. The monoisotopic (exact) mass is 227 g/mol. The lowest BCUT2D eigenvalue weighted by Crippen LogP contribution is -2.50. The van der Waals surface area contributed by atoms with Crippen molar-refractivity contribution >= 4 is 0 Å². The van der Waals surface area contributed by atoms with E-state index in [2.05, 4.69) is 0 Å². The van der Waals surface area contributed by atoms with Crippen LogP contribution in [0.1, 0.15) is 13.8 Å². The van der Waals surface area contributed by atoms with Crippen LogP contribution in [-0.4, -0.2) is 54.1 Å². The van der Waals surface area contributed by atoms with Gasteiger partial charge in [0.1, 0.15) is 0 Å². The van der Waals surface area contributed by atoms with Gasteiger partial charge < -0.3 is 9.84 Å². The molecule has 1 rings (SSSR count). The molecule has 15 heavy (non-hydrogen) atoms. The van der Waals surface area contributed by atoms with Crippen molar-refractivity contribution in [2.45, 2.75) is 38.3 Å². The highest BCUT2D eigenvalue weighted by molar-refractivity contribution is 4.77. The summed E-state index contributed by atoms with van der Waals surface area (Å²) < 4.78 is 41.7. The SMILES string of the molecule is C[C@H]1CN(C[C@H](O)C(F)(F)F)C[C@H](C)O1. The molecule has 1 heterocycles. The number of nitrogens with zero attached hydrogens (tertiary/aromatic N) is 1. The second-order valence-corrected chi connectivity index (χ2v) is 4.03. The Kier molecular flexibility index (Phi) is 3.97. The topological polar surface area (TPSA) is 32.7 Å². The van der Waals surface area contributed by atoms with Crippen molar-refractivity contribution in [3.05, 3.63) is 0 Å². The van der Waals surface area contributed by atoms with E-state index in [0.29, 0.717) is 13.1 Å². The van der Waals surface area contributed by atoms with E-state index in [4.69, 9.17) is 9.84 Å². The molecule has 0 saturated carbocycles. The molecule has 1 N–H and O–H groups in total. The summed E-state index contributed by atoms with van der Waals surface area (Å²) in [6, 6.07) is 0. The van der Waals surface area contributed by atoms with Crippen LogP contribution in [0.4, 0.5) is 13.2 Å². The molecule has 6 heteroatoms. The number of morpholine rings is 1. The summed E-state index contributed by atoms with van der Waals surface area (Å²) in [4.78, 5) is 1.58. The number of aliphatic hydroxyl groups is 1. The van der Waals surface area contributed by atoms with Gasteiger partial charge in [0, 0.05) is 19.6 Å². The van der Waals surface area contributed by atoms with Gasteiger partial charge in [0.25, 0.3) is 0 Å². The molecule has 1 saturated heterocycles. The van der Waals surface area contributed by atoms with Crippen molar-refractivity contribution in [1.82, 2.24) is 4.90 Å². The largest absolute Gasteiger partial charge is 0.415 e. The summed E-state index contributed by atoms with van der Waals surface area (Å²) in [5.74, 6) is 0. The molecule has 0 aromatic rings. The Balaban J connectivity index is 2.44. The summed E-state index contributed by atoms with van der Waals surface area (Å²) in [7, 11) is 0. The van der Waals surface area contributed by atoms with E-state index in [0.717, 1.165) is 0 Å². The Bertz CT molecular complexity index is 200. The fourth-order valence-corrected chi connectivity index (χ4v) is 1.78. The van der Waals surface area contributed by atoms with Gasteiger partial charge in [-0.1, -0.05) is 0 Å². The highest BCUT2D eigenvalue weighted by atomic mass is 19.4. The Morgan fingerprint density at radius 1 is 1.33 bits per heavy atom. The molecule has 0 amide bonds. The van der Waals surface area contributed by atoms with Crippen molar-refractivity contribution in [2.24, 2.45) is 0 Å². The summed E-state index contributed by atoms with van der Waals surface area (Å²) in [6.45, 7) is 4.10. The zero-order chi connectivity index (χ0) is 11.6. The van der Waals surface area contributed by atoms with Gasteiger partial charge in [-0.2, -0.15) is 13.2 Å². The second-order valence-electron chi connectivity index (χ2n) is 4.03. The quantitative estimate of drug-likeness (QED) is 0.764. The third-order valence-corrected chi connectivity index (χ3v) is 2.30. The molecule has 0 aromatic carbocycles. The van der Waals surface area contributed by atoms with Crippen LogP contribution in [0.3, 0.4) is 0 Å². The first-order valence-corrected chi connectivity index (χ1v) is 4.91. The average Bonchev–Trinajstić information content (AvgIpc) is 1.99. The second kappa shape index (κ2) is 4.67. The summed E-state index contributed by atoms with van der Waals surface area (Å²) in [5, 5.41) is 8.90. The maximum absolute atomic E-state index is 12.1. The normalized spacial score (nSPS) is 31.6. The van der Waals surface area contributed by atoms with Gasteiger partial charge in [0.2, 0.25) is 0 Å². The molecule has 1 aliphatic rings. The molecule has 0 spiro atoms. The molecule has 0 radical (unpaired) electrons. The van der Waals surface area contributed by atoms with Gasteiger partial charge in [-0.3, -0.25) is 4.90 Å². The predicted molar refractivity (Wildman–Crippen MR) is 48.5 cm³/mol. The molecule has 3 atom stereocenters. The summed E-state index contributed by atoms with van der Waals surface area (Å²) in [6.07, 6.45) is -6.98. The molecule has 0 bridgehead atoms. The van der Waals surface area contributed by atoms with Crippen molar-refractivity contribution in [3.8, 4) is 0 Å². The van der Waals surface area contributed by atoms with Crippen LogP contribution in [0.25, 0.3) is 0 Å². The summed E-state index contributed by atoms with van der Waals surface area (Å²) in [5.41, 5.74) is 0. The maximum atomic E-state index is 12.1. The van der Waals surface area contributed by atoms with Crippen LogP contribution in [0.15, 0.2) is 0 Å². The zero-order valence-electron chi connectivity index (χ0n) is 8.79. The number of aliphatic hydroxyl groups excluding tert-OH is 1. The van der Waals surface area contributed by atoms with Crippen molar-refractivity contribution in [3.63, 3.8) is 0 Å². The van der Waals surface area contributed by atoms with E-state index in [-0.39, 0.29) is 18.8 Å². The lowest BCUT2D eigenvalue weighted by Gasteiger charge is -2.36. The Morgan fingerprint density at radius 3 is 2.20 bits per heavy atom. The van der Waals surface area contributed by atoms with E-state index in [1.165, 1.54) is 0 Å². The van der Waals surface area contributed by atoms with Gasteiger partial charge in [-0.25, -0.2) is 0 Å². The highest BCUT2D eigenvalue weighted by Gasteiger charge is 2.40. The first-order chi connectivity index (χ1) is 6.79. The van der Waals surface area contributed by atoms with Crippen LogP contribution in [0, 0.1) is 0 Å². The van der Waals surface area contributed by atoms with Crippen molar-refractivity contribution in [2.75, 3.05) is 19.6 Å². The van der Waals surface area contributed by atoms with Gasteiger partial charge in [0.15, 0.2) is 6.10 Å². The molecule has 0 unspecified atom stereocenters. The Labute approximate surface area is 86.8 Å². The molecule has 90 valence electrons. The molecule has 1 fully saturated rings. The van der Waals surface area contributed by atoms with Crippen molar-refractivity contribution < 1.29 is 23.0 Å². The van der Waals surface area contributed by atoms with E-state index in [1.807, 2.05) is 13.8 Å². The fraction of sp³-hybridized carbons (Fsp3) is 1.00. The number of rotatable bonds is 2. The zero-order valence-corrected chi connectivity index (χ0v) is 8.79. The van der Waals surface area contributed by atoms with Gasteiger partial charge in [0.05, 0.1) is 12.2 Å². The molecule has 0 aliphatic carbocycles. The third kappa shape index (κ3) is 3.96. The van der Waals surface area contributed by atoms with E-state index in [1.54, 1.807) is 4.90 Å². The fourth-order valence-electron chi connectivity index (χ4n) is 1.78. The Morgan fingerprint density at radius 2 is 1.80 bits per heavy atom. The van der Waals surface area contributed by atoms with E-state index >= 15 is 0 Å². The maximum Gasteiger partial charge on any atom is 0.415 e. The van der Waals surface area contributed by atoms with Crippen LogP contribution >= 0.6 is 0 Å². The first kappa shape index (κ1) is 12.7. The summed E-state index contributed by atoms with van der Waals surface area (Å²) >= 11 is 0. The molecule has 3 nitrogen and oxygen atoms in total. The number of hydrogen-bond donors (Lipinski definition) is 1. The third-order valence-electron chi connectivity index (χ3n) is 2.30. The molecule has 1 aliphatic heterocycles. The van der Waals surface area contributed by atoms with Crippen LogP contribution in [0.5, 0.6) is 0 Å². The van der Waals surface area contributed by atoms with Crippen LogP contribution < -0.4 is 0 Å². The standard InChI is InChI=1S/C9H16F3NO2/c1-6-3-13(4-7(2)15-6)5-8(14)9(10,11)12/h6-8,14H,3-5H2,1-2H3/t6-,7-,8-/m0/s1. The van der Waals surface area contributed by atoms with Gasteiger partial charge >= 0.3 is 6.18 Å². The average molecular weight is 227 g/mol. The number of hydrogen-bond acceptors (Lipinski definition) is 3. The van der Waals surface area contributed by atoms with E-state index < -0.39 is 12.3 Å². The van der Waals surface area contributed by atoms with Crippen LogP contribution in [0.2, 0.25) is 0 Å². The van der Waals surface area contributed by atoms with Gasteiger partial charge in [-0.05, 0) is 13.8 Å². The number of ether oxygens (including phenoxy) is 1. The van der Waals surface area contributed by atoms with Crippen LogP contribution in [-0.2, 0) is 4.74 Å². The lowest BCUT2D eigenvalue weighted by molar-refractivity contribution is -0.212. The predicted octanol–water partition coefficient (Wildman–Crippen LogP) is 1.02. The number of β-amino-alcohol motifs (C(OH)–C–C–N with tert-alkyl or cyclic N) is 1. The number of alkyl halides is 3. The first-order valence-electron chi connectivity index (χ1n) is 4.91. The number of halogens is 3. The lowest BCUT2D eigenvalue weighted by atomic mass is 10.2. The van der Waals surface area contributed by atoms with E-state index in [9.17, 15) is 13.2 Å². The molecular weight excluding hydrogens is 211 g/mol.